The molecule has 54 valence electrons. The molecule has 1 aromatic carbocycles. The van der Waals surface area contributed by atoms with E-state index in [1.54, 1.807) is 0 Å². The molecule has 0 radical (unpaired) electrons. The van der Waals surface area contributed by atoms with Crippen molar-refractivity contribution in [3.05, 3.63) is 24.3 Å². The van der Waals surface area contributed by atoms with Gasteiger partial charge in [-0.05, 0) is 0 Å². The Balaban J connectivity index is 0.000000292. The summed E-state index contributed by atoms with van der Waals surface area (Å²) in [5.41, 5.74) is 6.29. The zero-order valence-corrected chi connectivity index (χ0v) is 8.32. The van der Waals surface area contributed by atoms with Crippen molar-refractivity contribution < 1.29 is 9.90 Å². The first kappa shape index (κ1) is 10.5. The molecule has 0 aliphatic heterocycles. The van der Waals surface area contributed by atoms with Gasteiger partial charge >= 0.3 is 66.4 Å². The van der Waals surface area contributed by atoms with E-state index in [2.05, 4.69) is 12.1 Å². The number of carbonyl (C=O) groups is 1. The van der Waals surface area contributed by atoms with Crippen LogP contribution in [0.5, 0.6) is 0 Å². The van der Waals surface area contributed by atoms with E-state index in [-0.39, 0.29) is 6.47 Å². The number of benzene rings is 1. The fourth-order valence-electron chi connectivity index (χ4n) is 0.566. The Hall–Kier alpha value is -0.510. The fraction of sp³-hybridized carbons (Fsp3) is 0. The van der Waals surface area contributed by atoms with Gasteiger partial charge in [0.25, 0.3) is 6.47 Å². The predicted molar refractivity (Wildman–Crippen MR) is 44.9 cm³/mol. The summed E-state index contributed by atoms with van der Waals surface area (Å²) in [6, 6.07) is 7.98. The van der Waals surface area contributed by atoms with Crippen LogP contribution >= 0.6 is 0 Å². The van der Waals surface area contributed by atoms with E-state index in [1.807, 2.05) is 12.1 Å². The maximum atomic E-state index is 8.36. The molecule has 11 heavy (non-hydrogen) atoms. The first-order valence-electron chi connectivity index (χ1n) is 3.10. The summed E-state index contributed by atoms with van der Waals surface area (Å²) in [5.74, 6) is 0. The van der Waals surface area contributed by atoms with E-state index in [4.69, 9.17) is 15.6 Å². The van der Waals surface area contributed by atoms with E-state index in [9.17, 15) is 0 Å². The van der Waals surface area contributed by atoms with Gasteiger partial charge < -0.3 is 5.11 Å². The van der Waals surface area contributed by atoms with Crippen molar-refractivity contribution in [2.45, 2.75) is 0 Å². The van der Waals surface area contributed by atoms with Crippen LogP contribution < -0.4 is 8.55 Å². The molecule has 0 bridgehead atoms. The third kappa shape index (κ3) is 5.91. The Kier molecular flexibility index (Phi) is 5.93. The zero-order chi connectivity index (χ0) is 8.69. The molecule has 0 amide bonds. The van der Waals surface area contributed by atoms with Crippen molar-refractivity contribution >= 4 is 42.9 Å². The van der Waals surface area contributed by atoms with Gasteiger partial charge in [-0.2, -0.15) is 0 Å². The molecule has 1 rings (SSSR count). The van der Waals surface area contributed by atoms with Crippen molar-refractivity contribution in [1.29, 1.82) is 0 Å². The monoisotopic (exact) mass is 161 g/mol. The van der Waals surface area contributed by atoms with E-state index in [0.29, 0.717) is 0 Å². The summed E-state index contributed by atoms with van der Waals surface area (Å²) in [7, 11) is 0. The molecule has 0 aliphatic carbocycles. The smallest absolute Gasteiger partial charge is 0.290 e. The molecule has 0 spiro atoms. The molecule has 0 heterocycles. The molecule has 0 atom stereocenters. The van der Waals surface area contributed by atoms with Crippen LogP contribution in [0.25, 0.3) is 0 Å². The summed E-state index contributed by atoms with van der Waals surface area (Å²) in [4.78, 5) is 8.36. The fourth-order valence-corrected chi connectivity index (χ4v) is 0.900. The third-order valence-corrected chi connectivity index (χ3v) is 1.74. The van der Waals surface area contributed by atoms with Gasteiger partial charge in [-0.25, -0.2) is 0 Å². The van der Waals surface area contributed by atoms with E-state index >= 15 is 0 Å². The van der Waals surface area contributed by atoms with Gasteiger partial charge in [0.1, 0.15) is 0 Å². The number of nitrogens with two attached hydrogens (primary N) is 1. The largest absolute Gasteiger partial charge is 0.483 e. The predicted octanol–water partition coefficient (Wildman–Crippen LogP) is -0.237. The van der Waals surface area contributed by atoms with Crippen LogP contribution in [-0.4, -0.2) is 39.5 Å². The number of hydrogen-bond acceptors (Lipinski definition) is 2. The van der Waals surface area contributed by atoms with Gasteiger partial charge in [0.15, 0.2) is 0 Å². The normalized spacial score (nSPS) is 7.82. The molecule has 3 N–H and O–H groups in total. The van der Waals surface area contributed by atoms with Crippen LogP contribution in [0.3, 0.4) is 0 Å². The average molecular weight is 161 g/mol. The van der Waals surface area contributed by atoms with Gasteiger partial charge in [-0.3, -0.25) is 4.79 Å². The molecule has 0 unspecified atom stereocenters. The van der Waals surface area contributed by atoms with Crippen LogP contribution in [-0.2, 0) is 4.79 Å². The molecule has 0 saturated carbocycles. The molecule has 0 fully saturated rings. The topological polar surface area (TPSA) is 63.3 Å². The minimum absolute atomic E-state index is 0.250. The van der Waals surface area contributed by atoms with Crippen LogP contribution in [0, 0.1) is 0 Å². The molecule has 0 aromatic heterocycles. The Morgan fingerprint density at radius 1 is 1.36 bits per heavy atom. The standard InChI is InChI=1S/C6H6N.CH2O2.Na/c7-6-4-2-1-3-5-6;2-1-3;/h2-5H,7H2;1H,(H,2,3);. The Labute approximate surface area is 82.6 Å². The van der Waals surface area contributed by atoms with Crippen LogP contribution in [0.2, 0.25) is 0 Å². The van der Waals surface area contributed by atoms with Crippen LogP contribution in [0.1, 0.15) is 0 Å². The van der Waals surface area contributed by atoms with Gasteiger partial charge in [0.05, 0.1) is 0 Å². The first-order chi connectivity index (χ1) is 5.20. The second-order valence-corrected chi connectivity index (χ2v) is 3.17. The number of carboxylic acid groups (broad SMARTS) is 1. The molecule has 3 nitrogen and oxygen atoms in total. The SMILES string of the molecule is Nc1cc[c]([Na])cc1.O=CO. The molecule has 1 aromatic rings. The number of hydrogen-bond donors (Lipinski definition) is 2. The molecule has 0 saturated heterocycles. The maximum absolute atomic E-state index is 8.36. The van der Waals surface area contributed by atoms with E-state index < -0.39 is 0 Å². The van der Waals surface area contributed by atoms with Gasteiger partial charge in [-0.15, -0.1) is 0 Å². The Morgan fingerprint density at radius 3 is 2.00 bits per heavy atom. The van der Waals surface area contributed by atoms with Crippen molar-refractivity contribution in [2.24, 2.45) is 0 Å². The second kappa shape index (κ2) is 6.22. The molecular formula is C7H8NNaO2. The quantitative estimate of drug-likeness (QED) is 0.313. The van der Waals surface area contributed by atoms with E-state index in [0.717, 1.165) is 33.6 Å². The van der Waals surface area contributed by atoms with Crippen molar-refractivity contribution in [3.8, 4) is 0 Å². The summed E-state index contributed by atoms with van der Waals surface area (Å²) in [6.45, 7) is -0.250. The van der Waals surface area contributed by atoms with Crippen molar-refractivity contribution in [2.75, 3.05) is 5.73 Å². The molecule has 4 heteroatoms. The summed E-state index contributed by atoms with van der Waals surface area (Å²) in [6.07, 6.45) is 0. The maximum Gasteiger partial charge on any atom is 0.290 e. The zero-order valence-electron chi connectivity index (χ0n) is 6.32. The molecule has 0 aliphatic rings. The second-order valence-electron chi connectivity index (χ2n) is 2.02. The Bertz CT molecular complexity index is 189. The van der Waals surface area contributed by atoms with Gasteiger partial charge in [0, 0.05) is 0 Å². The number of nitrogen functional groups attached to an aromatic ring is 1. The van der Waals surface area contributed by atoms with Crippen molar-refractivity contribution in [3.63, 3.8) is 0 Å². The minimum Gasteiger partial charge on any atom is -0.483 e. The van der Waals surface area contributed by atoms with Crippen molar-refractivity contribution in [1.82, 2.24) is 0 Å². The average Bonchev–Trinajstić information content (AvgIpc) is 1.97. The first-order valence-corrected chi connectivity index (χ1v) is 4.10. The van der Waals surface area contributed by atoms with Gasteiger partial charge in [-0.1, -0.05) is 0 Å². The molecular weight excluding hydrogens is 153 g/mol. The minimum atomic E-state index is -0.250. The van der Waals surface area contributed by atoms with Gasteiger partial charge in [0.2, 0.25) is 0 Å². The van der Waals surface area contributed by atoms with Crippen LogP contribution in [0.4, 0.5) is 5.69 Å². The third-order valence-electron chi connectivity index (χ3n) is 1.08. The number of anilines is 1. The van der Waals surface area contributed by atoms with E-state index in [1.165, 1.54) is 2.81 Å². The summed E-state index contributed by atoms with van der Waals surface area (Å²) in [5, 5.41) is 6.89. The number of rotatable bonds is 0. The summed E-state index contributed by atoms with van der Waals surface area (Å²) >= 11 is 1.12. The summed E-state index contributed by atoms with van der Waals surface area (Å²) < 4.78 is 1.39. The van der Waals surface area contributed by atoms with Crippen LogP contribution in [0.15, 0.2) is 24.3 Å². The Morgan fingerprint density at radius 2 is 1.73 bits per heavy atom.